The topological polar surface area (TPSA) is 53.5 Å². The zero-order valence-electron chi connectivity index (χ0n) is 16.2. The van der Waals surface area contributed by atoms with Crippen molar-refractivity contribution in [3.63, 3.8) is 0 Å². The zero-order valence-corrected chi connectivity index (χ0v) is 16.2. The summed E-state index contributed by atoms with van der Waals surface area (Å²) in [5.74, 6) is 0.570. The standard InChI is InChI=1S/C23H27N3O2/c27-22(20-8-11-24-21(17-20)23(28)25-12-4-5-13-25)26-14-9-19(10-15-26)16-18-6-2-1-3-7-18/h1-3,6-8,11,17,19H,4-5,9-10,12-16H2. The molecule has 0 N–H and O–H groups in total. The fourth-order valence-electron chi connectivity index (χ4n) is 4.23. The Morgan fingerprint density at radius 1 is 0.893 bits per heavy atom. The maximum Gasteiger partial charge on any atom is 0.272 e. The summed E-state index contributed by atoms with van der Waals surface area (Å²) in [4.78, 5) is 33.4. The Kier molecular flexibility index (Phi) is 5.70. The fourth-order valence-corrected chi connectivity index (χ4v) is 4.23. The van der Waals surface area contributed by atoms with Crippen LogP contribution in [0.3, 0.4) is 0 Å². The Labute approximate surface area is 166 Å². The number of benzene rings is 1. The molecule has 2 aliphatic heterocycles. The molecular formula is C23H27N3O2. The van der Waals surface area contributed by atoms with E-state index in [-0.39, 0.29) is 11.8 Å². The fraction of sp³-hybridized carbons (Fsp3) is 0.435. The summed E-state index contributed by atoms with van der Waals surface area (Å²) < 4.78 is 0. The number of pyridine rings is 1. The highest BCUT2D eigenvalue weighted by molar-refractivity contribution is 5.98. The second-order valence-corrected chi connectivity index (χ2v) is 7.85. The van der Waals surface area contributed by atoms with Crippen LogP contribution in [0.4, 0.5) is 0 Å². The van der Waals surface area contributed by atoms with Gasteiger partial charge in [-0.3, -0.25) is 14.6 Å². The molecule has 5 heteroatoms. The molecule has 0 atom stereocenters. The first-order valence-electron chi connectivity index (χ1n) is 10.3. The summed E-state index contributed by atoms with van der Waals surface area (Å²) in [7, 11) is 0. The van der Waals surface area contributed by atoms with Crippen molar-refractivity contribution in [2.75, 3.05) is 26.2 Å². The van der Waals surface area contributed by atoms with E-state index in [0.29, 0.717) is 17.2 Å². The highest BCUT2D eigenvalue weighted by atomic mass is 16.2. The average Bonchev–Trinajstić information content (AvgIpc) is 3.29. The van der Waals surface area contributed by atoms with E-state index in [1.165, 1.54) is 5.56 Å². The molecule has 0 bridgehead atoms. The molecule has 1 aromatic heterocycles. The minimum atomic E-state index is -0.0614. The molecule has 0 saturated carbocycles. The Hall–Kier alpha value is -2.69. The molecule has 0 radical (unpaired) electrons. The van der Waals surface area contributed by atoms with Crippen LogP contribution in [0.1, 0.15) is 52.1 Å². The van der Waals surface area contributed by atoms with Crippen LogP contribution < -0.4 is 0 Å². The number of nitrogens with zero attached hydrogens (tertiary/aromatic N) is 3. The third-order valence-electron chi connectivity index (χ3n) is 5.89. The summed E-state index contributed by atoms with van der Waals surface area (Å²) in [5, 5.41) is 0. The summed E-state index contributed by atoms with van der Waals surface area (Å²) in [6, 6.07) is 13.9. The molecule has 146 valence electrons. The molecule has 2 aromatic rings. The molecular weight excluding hydrogens is 350 g/mol. The van der Waals surface area contributed by atoms with Gasteiger partial charge < -0.3 is 9.80 Å². The predicted octanol–water partition coefficient (Wildman–Crippen LogP) is 3.41. The molecule has 2 saturated heterocycles. The number of aromatic nitrogens is 1. The van der Waals surface area contributed by atoms with E-state index in [9.17, 15) is 9.59 Å². The van der Waals surface area contributed by atoms with Gasteiger partial charge in [0.25, 0.3) is 11.8 Å². The van der Waals surface area contributed by atoms with Crippen LogP contribution in [0.25, 0.3) is 0 Å². The van der Waals surface area contributed by atoms with Gasteiger partial charge in [-0.05, 0) is 55.7 Å². The summed E-state index contributed by atoms with van der Waals surface area (Å²) >= 11 is 0. The van der Waals surface area contributed by atoms with E-state index < -0.39 is 0 Å². The lowest BCUT2D eigenvalue weighted by molar-refractivity contribution is 0.0690. The van der Waals surface area contributed by atoms with Crippen LogP contribution in [-0.2, 0) is 6.42 Å². The van der Waals surface area contributed by atoms with Gasteiger partial charge in [-0.1, -0.05) is 30.3 Å². The van der Waals surface area contributed by atoms with Gasteiger partial charge in [0.05, 0.1) is 0 Å². The van der Waals surface area contributed by atoms with Gasteiger partial charge in [-0.2, -0.15) is 0 Å². The van der Waals surface area contributed by atoms with Crippen molar-refractivity contribution in [3.05, 3.63) is 65.5 Å². The zero-order chi connectivity index (χ0) is 19.3. The van der Waals surface area contributed by atoms with Gasteiger partial charge in [0.2, 0.25) is 0 Å². The highest BCUT2D eigenvalue weighted by Crippen LogP contribution is 2.23. The second kappa shape index (κ2) is 8.55. The monoisotopic (exact) mass is 377 g/mol. The SMILES string of the molecule is O=C(c1ccnc(C(=O)N2CCCC2)c1)N1CCC(Cc2ccccc2)CC1. The van der Waals surface area contributed by atoms with Gasteiger partial charge in [0, 0.05) is 37.9 Å². The van der Waals surface area contributed by atoms with E-state index in [4.69, 9.17) is 0 Å². The first-order valence-corrected chi connectivity index (χ1v) is 10.3. The van der Waals surface area contributed by atoms with Crippen molar-refractivity contribution in [2.24, 2.45) is 5.92 Å². The van der Waals surface area contributed by atoms with E-state index in [0.717, 1.165) is 58.3 Å². The number of hydrogen-bond donors (Lipinski definition) is 0. The van der Waals surface area contributed by atoms with Gasteiger partial charge in [0.15, 0.2) is 0 Å². The lowest BCUT2D eigenvalue weighted by Crippen LogP contribution is -2.39. The minimum absolute atomic E-state index is 0.0102. The highest BCUT2D eigenvalue weighted by Gasteiger charge is 2.26. The van der Waals surface area contributed by atoms with Gasteiger partial charge in [-0.15, -0.1) is 0 Å². The average molecular weight is 377 g/mol. The Morgan fingerprint density at radius 3 is 2.29 bits per heavy atom. The first-order chi connectivity index (χ1) is 13.7. The van der Waals surface area contributed by atoms with Crippen molar-refractivity contribution >= 4 is 11.8 Å². The van der Waals surface area contributed by atoms with Crippen molar-refractivity contribution in [2.45, 2.75) is 32.1 Å². The lowest BCUT2D eigenvalue weighted by atomic mass is 9.90. The van der Waals surface area contributed by atoms with Gasteiger partial charge in [0.1, 0.15) is 5.69 Å². The van der Waals surface area contributed by atoms with Crippen LogP contribution >= 0.6 is 0 Å². The third-order valence-corrected chi connectivity index (χ3v) is 5.89. The molecule has 2 amide bonds. The van der Waals surface area contributed by atoms with E-state index >= 15 is 0 Å². The number of hydrogen-bond acceptors (Lipinski definition) is 3. The molecule has 3 heterocycles. The van der Waals surface area contributed by atoms with Gasteiger partial charge >= 0.3 is 0 Å². The summed E-state index contributed by atoms with van der Waals surface area (Å²) in [6.07, 6.45) is 6.78. The Morgan fingerprint density at radius 2 is 1.57 bits per heavy atom. The summed E-state index contributed by atoms with van der Waals surface area (Å²) in [5.41, 5.74) is 2.32. The molecule has 0 unspecified atom stereocenters. The Balaban J connectivity index is 1.36. The number of carbonyl (C=O) groups excluding carboxylic acids is 2. The van der Waals surface area contributed by atoms with Crippen LogP contribution in [-0.4, -0.2) is 52.8 Å². The minimum Gasteiger partial charge on any atom is -0.339 e. The molecule has 1 aromatic carbocycles. The maximum absolute atomic E-state index is 12.9. The first kappa shape index (κ1) is 18.7. The third kappa shape index (κ3) is 4.24. The van der Waals surface area contributed by atoms with Crippen LogP contribution in [0.15, 0.2) is 48.7 Å². The molecule has 28 heavy (non-hydrogen) atoms. The molecule has 5 nitrogen and oxygen atoms in total. The number of likely N-dealkylation sites (tertiary alicyclic amines) is 2. The smallest absolute Gasteiger partial charge is 0.272 e. The van der Waals surface area contributed by atoms with E-state index in [1.54, 1.807) is 18.3 Å². The largest absolute Gasteiger partial charge is 0.339 e. The van der Waals surface area contributed by atoms with Crippen LogP contribution in [0, 0.1) is 5.92 Å². The van der Waals surface area contributed by atoms with Crippen LogP contribution in [0.2, 0.25) is 0 Å². The molecule has 0 spiro atoms. The van der Waals surface area contributed by atoms with Crippen LogP contribution in [0.5, 0.6) is 0 Å². The second-order valence-electron chi connectivity index (χ2n) is 7.85. The molecule has 2 fully saturated rings. The van der Waals surface area contributed by atoms with Crippen molar-refractivity contribution < 1.29 is 9.59 Å². The van der Waals surface area contributed by atoms with Crippen molar-refractivity contribution in [1.82, 2.24) is 14.8 Å². The molecule has 0 aliphatic carbocycles. The molecule has 4 rings (SSSR count). The number of rotatable bonds is 4. The number of carbonyl (C=O) groups is 2. The normalized spacial score (nSPS) is 17.7. The van der Waals surface area contributed by atoms with Crippen molar-refractivity contribution in [3.8, 4) is 0 Å². The van der Waals surface area contributed by atoms with E-state index in [1.807, 2.05) is 15.9 Å². The molecule has 2 aliphatic rings. The number of piperidine rings is 1. The van der Waals surface area contributed by atoms with E-state index in [2.05, 4.69) is 29.2 Å². The quantitative estimate of drug-likeness (QED) is 0.820. The summed E-state index contributed by atoms with van der Waals surface area (Å²) in [6.45, 7) is 3.11. The lowest BCUT2D eigenvalue weighted by Gasteiger charge is -2.32. The van der Waals surface area contributed by atoms with Gasteiger partial charge in [-0.25, -0.2) is 0 Å². The predicted molar refractivity (Wildman–Crippen MR) is 108 cm³/mol. The maximum atomic E-state index is 12.9. The van der Waals surface area contributed by atoms with Crippen molar-refractivity contribution in [1.29, 1.82) is 0 Å². The Bertz CT molecular complexity index is 823. The number of amides is 2.